The molecule has 14 heteroatoms. The number of fused-ring (bicyclic) bond motifs is 3. The molecule has 4 heterocycles. The van der Waals surface area contributed by atoms with Gasteiger partial charge in [0, 0.05) is 58.5 Å². The zero-order valence-corrected chi connectivity index (χ0v) is 30.3. The van der Waals surface area contributed by atoms with Crippen molar-refractivity contribution in [3.05, 3.63) is 99.7 Å². The summed E-state index contributed by atoms with van der Waals surface area (Å²) >= 11 is 0. The molecule has 52 heavy (non-hydrogen) atoms. The Labute approximate surface area is 301 Å². The van der Waals surface area contributed by atoms with Crippen LogP contribution in [0, 0.1) is 16.0 Å². The minimum atomic E-state index is -3.60. The summed E-state index contributed by atoms with van der Waals surface area (Å²) in [7, 11) is -3.60. The van der Waals surface area contributed by atoms with Gasteiger partial charge in [-0.3, -0.25) is 24.5 Å². The van der Waals surface area contributed by atoms with Gasteiger partial charge in [0.1, 0.15) is 0 Å². The summed E-state index contributed by atoms with van der Waals surface area (Å²) in [5.74, 6) is -1.67. The van der Waals surface area contributed by atoms with Crippen LogP contribution in [0.2, 0.25) is 18.6 Å². The molecule has 3 aliphatic rings. The summed E-state index contributed by atoms with van der Waals surface area (Å²) in [6.07, 6.45) is 2.31. The Bertz CT molecular complexity index is 2050. The van der Waals surface area contributed by atoms with Gasteiger partial charge in [-0.15, -0.1) is 0 Å². The summed E-state index contributed by atoms with van der Waals surface area (Å²) in [6.45, 7) is 5.20. The number of amides is 3. The number of aromatic amines is 1. The van der Waals surface area contributed by atoms with E-state index in [1.54, 1.807) is 36.1 Å². The Hall–Kier alpha value is -4.92. The Morgan fingerprint density at radius 2 is 1.90 bits per heavy atom. The monoisotopic (exact) mass is 727 g/mol. The summed E-state index contributed by atoms with van der Waals surface area (Å²) in [6, 6.07) is 18.7. The lowest BCUT2D eigenvalue weighted by Gasteiger charge is -2.31. The molecule has 1 aromatic heterocycles. The lowest BCUT2D eigenvalue weighted by molar-refractivity contribution is -0.385. The largest absolute Gasteiger partial charge is 0.394 e. The summed E-state index contributed by atoms with van der Waals surface area (Å²) < 4.78 is 22.9. The van der Waals surface area contributed by atoms with Crippen LogP contribution >= 0.6 is 0 Å². The molecule has 3 aromatic carbocycles. The molecule has 4 aromatic rings. The maximum absolute atomic E-state index is 16.3. The van der Waals surface area contributed by atoms with Gasteiger partial charge in [0.05, 0.1) is 48.7 Å². The van der Waals surface area contributed by atoms with Crippen molar-refractivity contribution in [2.75, 3.05) is 23.4 Å². The van der Waals surface area contributed by atoms with Gasteiger partial charge in [-0.1, -0.05) is 37.3 Å². The van der Waals surface area contributed by atoms with Crippen LogP contribution in [0.15, 0.2) is 72.9 Å². The van der Waals surface area contributed by atoms with E-state index in [4.69, 9.17) is 4.74 Å². The van der Waals surface area contributed by atoms with E-state index in [0.717, 1.165) is 28.5 Å². The highest BCUT2D eigenvalue weighted by Crippen LogP contribution is 2.60. The first-order valence-electron chi connectivity index (χ1n) is 17.6. The van der Waals surface area contributed by atoms with Crippen molar-refractivity contribution in [1.29, 1.82) is 0 Å². The van der Waals surface area contributed by atoms with Crippen molar-refractivity contribution < 1.29 is 33.3 Å². The molecule has 0 radical (unpaired) electrons. The molecule has 3 N–H and O–H groups in total. The van der Waals surface area contributed by atoms with E-state index in [1.807, 2.05) is 30.5 Å². The van der Waals surface area contributed by atoms with Crippen LogP contribution in [0.3, 0.4) is 0 Å². The van der Waals surface area contributed by atoms with E-state index in [1.165, 1.54) is 36.2 Å². The molecular formula is C38H42FN5O7Si. The van der Waals surface area contributed by atoms with E-state index < -0.39 is 42.4 Å². The number of aromatic nitrogens is 1. The van der Waals surface area contributed by atoms with Crippen LogP contribution in [0.25, 0.3) is 10.9 Å². The number of para-hydroxylation sites is 1. The average molecular weight is 728 g/mol. The molecule has 1 spiro atoms. The van der Waals surface area contributed by atoms with Gasteiger partial charge < -0.3 is 34.1 Å². The van der Waals surface area contributed by atoms with E-state index in [2.05, 4.69) is 10.3 Å². The van der Waals surface area contributed by atoms with E-state index >= 15 is 4.11 Å². The van der Waals surface area contributed by atoms with Crippen molar-refractivity contribution in [3.8, 4) is 0 Å². The molecule has 0 bridgehead atoms. The Balaban J connectivity index is 1.15. The number of ether oxygens (including phenoxy) is 1. The maximum Gasteiger partial charge on any atom is 0.269 e. The molecule has 3 aliphatic heterocycles. The smallest absolute Gasteiger partial charge is 0.269 e. The number of nitro benzene ring substituents is 1. The molecule has 12 nitrogen and oxygen atoms in total. The number of aliphatic hydroxyl groups excluding tert-OH is 1. The summed E-state index contributed by atoms with van der Waals surface area (Å²) in [5, 5.41) is 25.7. The van der Waals surface area contributed by atoms with E-state index in [-0.39, 0.29) is 55.1 Å². The maximum atomic E-state index is 16.3. The van der Waals surface area contributed by atoms with Gasteiger partial charge in [0.15, 0.2) is 5.60 Å². The number of nitro groups is 1. The Morgan fingerprint density at radius 1 is 1.15 bits per heavy atom. The van der Waals surface area contributed by atoms with Crippen LogP contribution in [-0.2, 0) is 37.7 Å². The molecule has 2 saturated heterocycles. The number of hydrogen-bond donors (Lipinski definition) is 3. The van der Waals surface area contributed by atoms with Crippen molar-refractivity contribution >= 4 is 54.1 Å². The van der Waals surface area contributed by atoms with Gasteiger partial charge in [-0.25, -0.2) is 0 Å². The predicted molar refractivity (Wildman–Crippen MR) is 196 cm³/mol. The fourth-order valence-corrected chi connectivity index (χ4v) is 11.2. The number of hydrogen-bond acceptors (Lipinski definition) is 7. The number of halogens is 1. The third kappa shape index (κ3) is 6.18. The van der Waals surface area contributed by atoms with Gasteiger partial charge in [-0.2, -0.15) is 0 Å². The first kappa shape index (κ1) is 35.5. The molecular weight excluding hydrogens is 686 g/mol. The van der Waals surface area contributed by atoms with Crippen LogP contribution in [-0.4, -0.2) is 71.3 Å². The Kier molecular flexibility index (Phi) is 9.26. The van der Waals surface area contributed by atoms with Gasteiger partial charge in [-0.05, 0) is 61.3 Å². The molecule has 0 saturated carbocycles. The summed E-state index contributed by atoms with van der Waals surface area (Å²) in [4.78, 5) is 58.9. The number of benzene rings is 3. The Morgan fingerprint density at radius 3 is 2.62 bits per heavy atom. The first-order valence-corrected chi connectivity index (χ1v) is 20.6. The number of aliphatic hydroxyl groups is 1. The number of nitrogens with one attached hydrogen (secondary N) is 2. The minimum Gasteiger partial charge on any atom is -0.394 e. The highest BCUT2D eigenvalue weighted by molar-refractivity contribution is 6.72. The molecule has 2 fully saturated rings. The normalized spacial score (nSPS) is 24.2. The SMILES string of the molecule is C[C@H]1[C@H]([Si](C)(C)F)[C@@H](CC(=O)N2CCC[C@H]2CO)O[C@]12C(=O)N(Cc1ccc(NC(=O)Cc3c[nH]c4ccccc34)cc1)c1ccc([N+](=O)[O-])cc12. The molecule has 5 atom stereocenters. The second-order valence-electron chi connectivity index (χ2n) is 14.7. The number of rotatable bonds is 10. The number of H-pyrrole nitrogens is 1. The number of non-ortho nitro benzene ring substituents is 1. The molecule has 272 valence electrons. The number of likely N-dealkylation sites (tertiary alicyclic amines) is 1. The van der Waals surface area contributed by atoms with Gasteiger partial charge >= 0.3 is 0 Å². The van der Waals surface area contributed by atoms with Crippen molar-refractivity contribution in [2.45, 2.75) is 75.5 Å². The van der Waals surface area contributed by atoms with Gasteiger partial charge in [0.25, 0.3) is 11.6 Å². The zero-order valence-electron chi connectivity index (χ0n) is 29.3. The fourth-order valence-electron chi connectivity index (χ4n) is 8.68. The quantitative estimate of drug-likeness (QED) is 0.0788. The molecule has 7 rings (SSSR count). The number of nitrogens with zero attached hydrogens (tertiary/aromatic N) is 3. The highest BCUT2D eigenvalue weighted by Gasteiger charge is 2.67. The zero-order chi connectivity index (χ0) is 36.9. The third-order valence-corrected chi connectivity index (χ3v) is 13.5. The summed E-state index contributed by atoms with van der Waals surface area (Å²) in [5.41, 5.74) is 1.10. The third-order valence-electron chi connectivity index (χ3n) is 11.0. The molecule has 3 amide bonds. The fraction of sp³-hybridized carbons (Fsp3) is 0.395. The number of carbonyl (C=O) groups excluding carboxylic acids is 3. The average Bonchev–Trinajstić information content (AvgIpc) is 3.87. The second kappa shape index (κ2) is 13.6. The van der Waals surface area contributed by atoms with E-state index in [0.29, 0.717) is 24.3 Å². The van der Waals surface area contributed by atoms with Crippen molar-refractivity contribution in [3.63, 3.8) is 0 Å². The standard InChI is InChI=1S/C38H42FN5O7Si/c1-23-36(52(2,3)39)33(19-35(47)42-16-6-7-28(42)22-45)51-38(23)30-18-27(44(49)50)14-15-32(30)43(37(38)48)21-24-10-12-26(13-11-24)41-34(46)17-25-20-40-31-9-5-4-8-29(25)31/h4-5,8-15,18,20,23,28,33,36,40,45H,6-7,16-17,19,21-22H2,1-3H3,(H,41,46)/t23-,28-,33+,36-,38+/m0/s1. The minimum absolute atomic E-state index is 0.0850. The lowest BCUT2D eigenvalue weighted by Crippen LogP contribution is -2.45. The highest BCUT2D eigenvalue weighted by atomic mass is 28.4. The van der Waals surface area contributed by atoms with Gasteiger partial charge in [0.2, 0.25) is 20.2 Å². The second-order valence-corrected chi connectivity index (χ2v) is 18.5. The first-order chi connectivity index (χ1) is 24.8. The number of carbonyl (C=O) groups is 3. The molecule has 0 unspecified atom stereocenters. The van der Waals surface area contributed by atoms with Crippen LogP contribution in [0.1, 0.15) is 42.9 Å². The lowest BCUT2D eigenvalue weighted by atomic mass is 9.82. The van der Waals surface area contributed by atoms with Crippen molar-refractivity contribution in [1.82, 2.24) is 9.88 Å². The van der Waals surface area contributed by atoms with Crippen LogP contribution in [0.4, 0.5) is 21.2 Å². The topological polar surface area (TPSA) is 158 Å². The predicted octanol–water partition coefficient (Wildman–Crippen LogP) is 5.95. The van der Waals surface area contributed by atoms with E-state index in [9.17, 15) is 29.6 Å². The van der Waals surface area contributed by atoms with Crippen molar-refractivity contribution in [2.24, 2.45) is 5.92 Å². The molecule has 0 aliphatic carbocycles. The van der Waals surface area contributed by atoms with Crippen LogP contribution in [0.5, 0.6) is 0 Å². The van der Waals surface area contributed by atoms with Crippen LogP contribution < -0.4 is 10.2 Å². The number of anilines is 2.